The van der Waals surface area contributed by atoms with Gasteiger partial charge in [-0.15, -0.1) is 11.3 Å². The molecule has 0 aliphatic carbocycles. The second-order valence-corrected chi connectivity index (χ2v) is 10.8. The van der Waals surface area contributed by atoms with Crippen molar-refractivity contribution in [2.45, 2.75) is 38.6 Å². The maximum atomic E-state index is 13.5. The monoisotopic (exact) mass is 482 g/mol. The van der Waals surface area contributed by atoms with E-state index in [0.29, 0.717) is 5.56 Å². The van der Waals surface area contributed by atoms with Gasteiger partial charge < -0.3 is 10.1 Å². The van der Waals surface area contributed by atoms with Crippen LogP contribution in [0.4, 0.5) is 0 Å². The van der Waals surface area contributed by atoms with E-state index in [4.69, 9.17) is 0 Å². The minimum Gasteiger partial charge on any atom is -0.493 e. The van der Waals surface area contributed by atoms with Crippen LogP contribution in [-0.2, 0) is 27.1 Å². The number of aromatic nitrogens is 2. The Kier molecular flexibility index (Phi) is 7.39. The van der Waals surface area contributed by atoms with Crippen LogP contribution in [0.5, 0.6) is 5.88 Å². The molecule has 3 rings (SSSR count). The third-order valence-electron chi connectivity index (χ3n) is 5.07. The smallest absolute Gasteiger partial charge is 0.328 e. The Morgan fingerprint density at radius 2 is 2.06 bits per heavy atom. The van der Waals surface area contributed by atoms with E-state index in [0.717, 1.165) is 25.2 Å². The van der Waals surface area contributed by atoms with E-state index in [1.807, 2.05) is 31.4 Å². The van der Waals surface area contributed by atoms with E-state index in [-0.39, 0.29) is 37.1 Å². The highest BCUT2D eigenvalue weighted by molar-refractivity contribution is 7.88. The molecule has 0 spiro atoms. The number of amides is 1. The molecule has 0 saturated heterocycles. The lowest BCUT2D eigenvalue weighted by Gasteiger charge is -2.30. The predicted molar refractivity (Wildman–Crippen MR) is 121 cm³/mol. The molecular weight excluding hydrogens is 456 g/mol. The van der Waals surface area contributed by atoms with Crippen molar-refractivity contribution in [2.75, 3.05) is 6.54 Å². The number of aromatic amines is 1. The number of rotatable bonds is 10. The number of H-pyrrole nitrogens is 1. The number of hydrogen-bond donors (Lipinski definition) is 4. The Morgan fingerprint density at radius 3 is 2.69 bits per heavy atom. The minimum atomic E-state index is -4.05. The number of hydroxylamine groups is 1. The van der Waals surface area contributed by atoms with Crippen molar-refractivity contribution < 1.29 is 23.5 Å². The highest BCUT2D eigenvalue weighted by atomic mass is 32.2. The average molecular weight is 483 g/mol. The average Bonchev–Trinajstić information content (AvgIpc) is 3.32. The number of fused-ring (bicyclic) bond motifs is 1. The Morgan fingerprint density at radius 1 is 1.31 bits per heavy atom. The number of sulfonamides is 1. The first-order valence-corrected chi connectivity index (χ1v) is 12.5. The zero-order valence-corrected chi connectivity index (χ0v) is 19.3. The quantitative estimate of drug-likeness (QED) is 0.256. The van der Waals surface area contributed by atoms with Gasteiger partial charge in [0, 0.05) is 17.8 Å². The van der Waals surface area contributed by atoms with Gasteiger partial charge in [0.25, 0.3) is 5.91 Å². The number of hydrogen-bond acceptors (Lipinski definition) is 7. The molecule has 0 aliphatic rings. The largest absolute Gasteiger partial charge is 0.493 e. The van der Waals surface area contributed by atoms with Crippen molar-refractivity contribution in [2.24, 2.45) is 5.92 Å². The number of imidazole rings is 1. The molecule has 0 aliphatic heterocycles. The molecule has 1 atom stereocenters. The van der Waals surface area contributed by atoms with Gasteiger partial charge in [0.15, 0.2) is 0 Å². The van der Waals surface area contributed by atoms with Crippen LogP contribution in [0, 0.1) is 5.92 Å². The zero-order valence-electron chi connectivity index (χ0n) is 17.7. The zero-order chi connectivity index (χ0) is 23.5. The van der Waals surface area contributed by atoms with E-state index in [2.05, 4.69) is 4.98 Å². The fourth-order valence-electron chi connectivity index (χ4n) is 3.57. The molecule has 1 unspecified atom stereocenters. The second-order valence-electron chi connectivity index (χ2n) is 7.88. The molecule has 0 saturated carbocycles. The van der Waals surface area contributed by atoms with E-state index in [9.17, 15) is 28.3 Å². The van der Waals surface area contributed by atoms with Crippen LogP contribution in [-0.4, -0.2) is 51.1 Å². The lowest BCUT2D eigenvalue weighted by atomic mass is 10.0. The molecule has 174 valence electrons. The third kappa shape index (κ3) is 5.38. The molecule has 10 nitrogen and oxygen atoms in total. The Balaban J connectivity index is 1.95. The SMILES string of the molecule is CC(C)CC(C(=O)NO)N(CCn1c(O)c[nH]c1=O)S(=O)(=O)Cc1ccc2sccc2c1. The first-order valence-electron chi connectivity index (χ1n) is 9.99. The molecular formula is C20H26N4O6S2. The molecule has 0 fully saturated rings. The van der Waals surface area contributed by atoms with Crippen LogP contribution in [0.3, 0.4) is 0 Å². The lowest BCUT2D eigenvalue weighted by Crippen LogP contribution is -2.51. The van der Waals surface area contributed by atoms with Crippen LogP contribution in [0.2, 0.25) is 0 Å². The minimum absolute atomic E-state index is 0.0551. The predicted octanol–water partition coefficient (Wildman–Crippen LogP) is 1.85. The van der Waals surface area contributed by atoms with Gasteiger partial charge in [0.2, 0.25) is 15.9 Å². The second kappa shape index (κ2) is 9.86. The summed E-state index contributed by atoms with van der Waals surface area (Å²) in [5.74, 6) is -1.62. The number of thiophene rings is 1. The van der Waals surface area contributed by atoms with Crippen LogP contribution < -0.4 is 11.2 Å². The van der Waals surface area contributed by atoms with Crippen LogP contribution in [0.1, 0.15) is 25.8 Å². The number of benzene rings is 1. The Labute approximate surface area is 189 Å². The first kappa shape index (κ1) is 24.0. The van der Waals surface area contributed by atoms with Gasteiger partial charge in [-0.05, 0) is 46.9 Å². The normalized spacial score (nSPS) is 13.2. The Hall–Kier alpha value is -2.67. The number of nitrogens with one attached hydrogen (secondary N) is 2. The molecule has 3 aromatic rings. The van der Waals surface area contributed by atoms with Crippen molar-refractivity contribution in [1.29, 1.82) is 0 Å². The number of aromatic hydroxyl groups is 1. The van der Waals surface area contributed by atoms with Gasteiger partial charge in [-0.25, -0.2) is 18.7 Å². The molecule has 1 aromatic carbocycles. The van der Waals surface area contributed by atoms with Gasteiger partial charge in [-0.2, -0.15) is 4.31 Å². The summed E-state index contributed by atoms with van der Waals surface area (Å²) in [6, 6.07) is 6.06. The summed E-state index contributed by atoms with van der Waals surface area (Å²) >= 11 is 1.55. The molecule has 32 heavy (non-hydrogen) atoms. The van der Waals surface area contributed by atoms with Gasteiger partial charge >= 0.3 is 5.69 Å². The van der Waals surface area contributed by atoms with Gasteiger partial charge in [-0.1, -0.05) is 19.9 Å². The van der Waals surface area contributed by atoms with Gasteiger partial charge in [-0.3, -0.25) is 14.6 Å². The van der Waals surface area contributed by atoms with Crippen LogP contribution in [0.15, 0.2) is 40.6 Å². The maximum absolute atomic E-state index is 13.5. The van der Waals surface area contributed by atoms with E-state index in [1.165, 1.54) is 0 Å². The molecule has 2 heterocycles. The maximum Gasteiger partial charge on any atom is 0.328 e. The molecule has 12 heteroatoms. The van der Waals surface area contributed by atoms with Crippen LogP contribution in [0.25, 0.3) is 10.1 Å². The van der Waals surface area contributed by atoms with Crippen molar-refractivity contribution in [3.63, 3.8) is 0 Å². The van der Waals surface area contributed by atoms with Crippen molar-refractivity contribution in [3.05, 3.63) is 51.9 Å². The number of nitrogens with zero attached hydrogens (tertiary/aromatic N) is 2. The summed E-state index contributed by atoms with van der Waals surface area (Å²) in [5, 5.41) is 21.9. The van der Waals surface area contributed by atoms with Crippen molar-refractivity contribution in [3.8, 4) is 5.88 Å². The van der Waals surface area contributed by atoms with Gasteiger partial charge in [0.1, 0.15) is 6.04 Å². The molecule has 2 aromatic heterocycles. The van der Waals surface area contributed by atoms with E-state index >= 15 is 0 Å². The Bertz CT molecular complexity index is 1240. The molecule has 1 amide bonds. The summed E-state index contributed by atoms with van der Waals surface area (Å²) in [4.78, 5) is 26.6. The third-order valence-corrected chi connectivity index (χ3v) is 7.82. The van der Waals surface area contributed by atoms with Crippen LogP contribution >= 0.6 is 11.3 Å². The summed E-state index contributed by atoms with van der Waals surface area (Å²) < 4.78 is 29.9. The van der Waals surface area contributed by atoms with Gasteiger partial charge in [0.05, 0.1) is 11.9 Å². The standard InChI is InChI=1S/C20H26N4O6S2/c1-13(2)9-16(19(26)22-28)24(7-6-23-18(25)11-21-20(23)27)32(29,30)12-14-3-4-17-15(10-14)5-8-31-17/h3-5,8,10-11,13,16,25,28H,6-7,9,12H2,1-2H3,(H,21,27)(H,22,26). The first-order chi connectivity index (χ1) is 15.1. The number of carbonyl (C=O) groups excluding carboxylic acids is 1. The van der Waals surface area contributed by atoms with Crippen molar-refractivity contribution >= 4 is 37.4 Å². The highest BCUT2D eigenvalue weighted by Crippen LogP contribution is 2.25. The topological polar surface area (TPSA) is 145 Å². The van der Waals surface area contributed by atoms with E-state index < -0.39 is 27.7 Å². The van der Waals surface area contributed by atoms with E-state index in [1.54, 1.807) is 28.9 Å². The lowest BCUT2D eigenvalue weighted by molar-refractivity contribution is -0.133. The summed E-state index contributed by atoms with van der Waals surface area (Å²) in [5.41, 5.74) is 1.50. The summed E-state index contributed by atoms with van der Waals surface area (Å²) in [6.07, 6.45) is 1.26. The highest BCUT2D eigenvalue weighted by Gasteiger charge is 2.35. The molecule has 0 radical (unpaired) electrons. The summed E-state index contributed by atoms with van der Waals surface area (Å²) in [7, 11) is -4.05. The molecule has 0 bridgehead atoms. The fourth-order valence-corrected chi connectivity index (χ4v) is 6.03. The fraction of sp³-hybridized carbons (Fsp3) is 0.400. The van der Waals surface area contributed by atoms with Crippen molar-refractivity contribution in [1.82, 2.24) is 19.3 Å². The molecule has 4 N–H and O–H groups in total. The number of carbonyl (C=O) groups is 1. The summed E-state index contributed by atoms with van der Waals surface area (Å²) in [6.45, 7) is 3.23.